The van der Waals surface area contributed by atoms with Gasteiger partial charge in [0.1, 0.15) is 5.58 Å². The molecule has 15 heteroatoms. The number of ether oxygens (including phenoxy) is 1. The van der Waals surface area contributed by atoms with Gasteiger partial charge in [-0.1, -0.05) is 60.7 Å². The number of pyridine rings is 1. The van der Waals surface area contributed by atoms with Crippen LogP contribution in [0.5, 0.6) is 0 Å². The Hall–Kier alpha value is -6.00. The van der Waals surface area contributed by atoms with Crippen LogP contribution in [0.2, 0.25) is 0 Å². The maximum absolute atomic E-state index is 13.5. The van der Waals surface area contributed by atoms with Gasteiger partial charge in [-0.05, 0) is 55.3 Å². The zero-order valence-electron chi connectivity index (χ0n) is 34.4. The van der Waals surface area contributed by atoms with Crippen molar-refractivity contribution < 1.29 is 28.3 Å². The molecule has 0 bridgehead atoms. The normalized spacial score (nSPS) is 15.9. The van der Waals surface area contributed by atoms with Crippen LogP contribution in [0.4, 0.5) is 0 Å². The number of carbonyl (C=O) groups is 4. The monoisotopic (exact) mass is 818 g/mol. The topological polar surface area (TPSA) is 178 Å². The fraction of sp³-hybridized carbons (Fsp3) is 0.378. The highest BCUT2D eigenvalue weighted by Gasteiger charge is 2.21. The molecule has 2 aromatic heterocycles. The number of esters is 1. The highest BCUT2D eigenvalue weighted by atomic mass is 16.5. The number of carbonyl (C=O) groups excluding carboxylic acids is 4. The van der Waals surface area contributed by atoms with Gasteiger partial charge in [-0.3, -0.25) is 33.9 Å². The quantitative estimate of drug-likeness (QED) is 0.101. The van der Waals surface area contributed by atoms with Crippen molar-refractivity contribution in [3.8, 4) is 0 Å². The Balaban J connectivity index is 1.11. The molecule has 0 spiro atoms. The molecule has 3 amide bonds. The maximum atomic E-state index is 13.5. The summed E-state index contributed by atoms with van der Waals surface area (Å²) in [5.74, 6) is -0.957. The summed E-state index contributed by atoms with van der Waals surface area (Å²) in [6.45, 7) is 9.13. The van der Waals surface area contributed by atoms with E-state index in [4.69, 9.17) is 9.15 Å². The van der Waals surface area contributed by atoms with E-state index in [0.29, 0.717) is 58.1 Å². The van der Waals surface area contributed by atoms with Crippen LogP contribution in [0.25, 0.3) is 22.1 Å². The Bertz CT molecular complexity index is 2230. The van der Waals surface area contributed by atoms with E-state index in [-0.39, 0.29) is 89.0 Å². The lowest BCUT2D eigenvalue weighted by Gasteiger charge is -2.31. The van der Waals surface area contributed by atoms with Crippen LogP contribution in [0.1, 0.15) is 53.1 Å². The third kappa shape index (κ3) is 12.3. The van der Waals surface area contributed by atoms with Gasteiger partial charge in [0.05, 0.1) is 67.4 Å². The molecular weight excluding hydrogens is 765 g/mol. The summed E-state index contributed by atoms with van der Waals surface area (Å²) in [5.41, 5.74) is 2.84. The minimum atomic E-state index is -0.562. The minimum absolute atomic E-state index is 0.0736. The third-order valence-electron chi connectivity index (χ3n) is 10.6. The molecule has 0 radical (unpaired) electrons. The van der Waals surface area contributed by atoms with Crippen LogP contribution in [-0.4, -0.2) is 122 Å². The highest BCUT2D eigenvalue weighted by molar-refractivity contribution is 5.96. The molecular formula is C45H54N8O7. The number of amides is 3. The largest absolute Gasteiger partial charge is 0.465 e. The summed E-state index contributed by atoms with van der Waals surface area (Å²) in [6.07, 6.45) is 0. The minimum Gasteiger partial charge on any atom is -0.465 e. The van der Waals surface area contributed by atoms with E-state index in [9.17, 15) is 24.0 Å². The van der Waals surface area contributed by atoms with Gasteiger partial charge in [0, 0.05) is 52.4 Å². The molecule has 1 saturated heterocycles. The van der Waals surface area contributed by atoms with Gasteiger partial charge in [-0.25, -0.2) is 9.78 Å². The fourth-order valence-electron chi connectivity index (χ4n) is 7.17. The average Bonchev–Trinajstić information content (AvgIpc) is 3.25. The maximum Gasteiger partial charge on any atom is 0.337 e. The Morgan fingerprint density at radius 1 is 0.700 bits per heavy atom. The molecule has 15 nitrogen and oxygen atoms in total. The van der Waals surface area contributed by atoms with Crippen molar-refractivity contribution in [1.29, 1.82) is 0 Å². The van der Waals surface area contributed by atoms with E-state index >= 15 is 0 Å². The van der Waals surface area contributed by atoms with Crippen molar-refractivity contribution in [2.75, 3.05) is 79.1 Å². The number of nitrogens with one attached hydrogen (secondary N) is 4. The van der Waals surface area contributed by atoms with Gasteiger partial charge >= 0.3 is 5.97 Å². The molecule has 3 aromatic carbocycles. The molecule has 3 heterocycles. The third-order valence-corrected chi connectivity index (χ3v) is 10.6. The van der Waals surface area contributed by atoms with Crippen LogP contribution in [-0.2, 0) is 25.7 Å². The first-order valence-corrected chi connectivity index (χ1v) is 20.3. The second-order valence-electron chi connectivity index (χ2n) is 15.0. The van der Waals surface area contributed by atoms with Crippen LogP contribution in [0, 0.1) is 0 Å². The van der Waals surface area contributed by atoms with Crippen LogP contribution in [0.3, 0.4) is 0 Å². The second kappa shape index (κ2) is 21.3. The molecule has 5 aromatic rings. The highest BCUT2D eigenvalue weighted by Crippen LogP contribution is 2.20. The predicted octanol–water partition coefficient (Wildman–Crippen LogP) is 3.01. The number of rotatable bonds is 13. The standard InChI is InChI=1S/C45H54N8O7/c1-31(33-10-6-4-7-11-33)48-41(55)29-51-20-18-46-19-21-52(30-42(56)49-32(2)34-12-8-5-9-13-34)23-25-53(24-22-51)28-40(54)47-27-36-15-16-37-43(57)38-26-35(45(58)59-3)14-17-39(38)60-44(37)50-36/h4-17,26,31-32,46H,18-25,27-30H2,1-3H3,(H,47,54)(H,48,55)(H,49,56)/t31-,32-/m0/s1. The fourth-order valence-corrected chi connectivity index (χ4v) is 7.17. The molecule has 316 valence electrons. The lowest BCUT2D eigenvalue weighted by molar-refractivity contribution is -0.124. The van der Waals surface area contributed by atoms with Crippen molar-refractivity contribution in [2.45, 2.75) is 32.5 Å². The molecule has 1 aliphatic rings. The molecule has 6 rings (SSSR count). The number of benzene rings is 3. The van der Waals surface area contributed by atoms with Crippen LogP contribution in [0.15, 0.2) is 100 Å². The van der Waals surface area contributed by atoms with Crippen molar-refractivity contribution in [3.05, 3.63) is 124 Å². The van der Waals surface area contributed by atoms with E-state index < -0.39 is 5.97 Å². The van der Waals surface area contributed by atoms with Gasteiger partial charge in [-0.2, -0.15) is 0 Å². The first-order chi connectivity index (χ1) is 29.1. The number of hydrogen-bond acceptors (Lipinski definition) is 12. The van der Waals surface area contributed by atoms with Gasteiger partial charge in [0.2, 0.25) is 28.9 Å². The van der Waals surface area contributed by atoms with Gasteiger partial charge in [-0.15, -0.1) is 0 Å². The SMILES string of the molecule is COC(=O)c1ccc2oc3nc(CNC(=O)CN4CCN(CC(=O)N[C@@H](C)c5ccccc5)CCNCCN(CC(=O)N[C@@H](C)c5ccccc5)CC4)ccc3c(=O)c2c1. The van der Waals surface area contributed by atoms with E-state index in [0.717, 1.165) is 11.1 Å². The molecule has 0 unspecified atom stereocenters. The van der Waals surface area contributed by atoms with E-state index in [1.165, 1.54) is 25.3 Å². The number of fused-ring (bicyclic) bond motifs is 2. The van der Waals surface area contributed by atoms with E-state index in [1.54, 1.807) is 12.1 Å². The summed E-state index contributed by atoms with van der Waals surface area (Å²) in [4.78, 5) is 76.1. The summed E-state index contributed by atoms with van der Waals surface area (Å²) in [7, 11) is 1.27. The van der Waals surface area contributed by atoms with Gasteiger partial charge in [0.25, 0.3) is 0 Å². The Labute approximate surface area is 349 Å². The number of hydrogen-bond donors (Lipinski definition) is 4. The summed E-state index contributed by atoms with van der Waals surface area (Å²) in [5, 5.41) is 13.1. The molecule has 0 saturated carbocycles. The number of nitrogens with zero attached hydrogens (tertiary/aromatic N) is 4. The molecule has 2 atom stereocenters. The van der Waals surface area contributed by atoms with E-state index in [1.807, 2.05) is 79.4 Å². The Morgan fingerprint density at radius 2 is 1.23 bits per heavy atom. The van der Waals surface area contributed by atoms with Crippen molar-refractivity contribution in [3.63, 3.8) is 0 Å². The first kappa shape index (κ1) is 43.6. The Morgan fingerprint density at radius 3 is 1.78 bits per heavy atom. The zero-order valence-corrected chi connectivity index (χ0v) is 34.4. The lowest BCUT2D eigenvalue weighted by atomic mass is 10.1. The zero-order chi connectivity index (χ0) is 42.4. The van der Waals surface area contributed by atoms with Crippen molar-refractivity contribution >= 4 is 45.8 Å². The second-order valence-corrected chi connectivity index (χ2v) is 15.0. The first-order valence-electron chi connectivity index (χ1n) is 20.3. The van der Waals surface area contributed by atoms with Crippen molar-refractivity contribution in [1.82, 2.24) is 41.0 Å². The summed E-state index contributed by atoms with van der Waals surface area (Å²) < 4.78 is 10.7. The van der Waals surface area contributed by atoms with E-state index in [2.05, 4.69) is 36.1 Å². The van der Waals surface area contributed by atoms with Crippen LogP contribution >= 0.6 is 0 Å². The van der Waals surface area contributed by atoms with Gasteiger partial charge in [0.15, 0.2) is 0 Å². The average molecular weight is 819 g/mol. The molecule has 0 aliphatic carbocycles. The van der Waals surface area contributed by atoms with Crippen molar-refractivity contribution in [2.24, 2.45) is 0 Å². The number of methoxy groups -OCH3 is 1. The Kier molecular flexibility index (Phi) is 15.5. The molecule has 60 heavy (non-hydrogen) atoms. The molecule has 1 fully saturated rings. The number of aromatic nitrogens is 1. The smallest absolute Gasteiger partial charge is 0.337 e. The van der Waals surface area contributed by atoms with Crippen LogP contribution < -0.4 is 26.7 Å². The predicted molar refractivity (Wildman–Crippen MR) is 229 cm³/mol. The summed E-state index contributed by atoms with van der Waals surface area (Å²) >= 11 is 0. The molecule has 4 N–H and O–H groups in total. The van der Waals surface area contributed by atoms with Gasteiger partial charge < -0.3 is 30.4 Å². The molecule has 1 aliphatic heterocycles. The lowest BCUT2D eigenvalue weighted by Crippen LogP contribution is -2.50. The summed E-state index contributed by atoms with van der Waals surface area (Å²) in [6, 6.07) is 27.1.